The minimum Gasteiger partial charge on any atom is -0.478 e. The van der Waals surface area contributed by atoms with E-state index in [4.69, 9.17) is 0 Å². The second-order valence-corrected chi connectivity index (χ2v) is 7.55. The SMILES string of the molecule is CCC=CCCc1nn(-c2ccc(C(C)(C)C)cc2)c(CC)c1C(=O)O. The van der Waals surface area contributed by atoms with Gasteiger partial charge in [-0.3, -0.25) is 0 Å². The number of carboxylic acids is 1. The standard InChI is InChI=1S/C22H30N2O2/c1-6-8-9-10-11-18-20(21(25)26)19(7-2)24(23-18)17-14-12-16(13-15-17)22(3,4)5/h8-9,12-15H,6-7,10-11H2,1-5H3,(H,25,26). The van der Waals surface area contributed by atoms with E-state index in [0.29, 0.717) is 24.1 Å². The summed E-state index contributed by atoms with van der Waals surface area (Å²) in [5, 5.41) is 14.4. The highest BCUT2D eigenvalue weighted by atomic mass is 16.4. The lowest BCUT2D eigenvalue weighted by Gasteiger charge is -2.19. The highest BCUT2D eigenvalue weighted by Gasteiger charge is 2.23. The molecule has 1 aromatic heterocycles. The summed E-state index contributed by atoms with van der Waals surface area (Å²) in [6.45, 7) is 10.6. The Morgan fingerprint density at radius 2 is 1.81 bits per heavy atom. The Morgan fingerprint density at radius 3 is 2.31 bits per heavy atom. The summed E-state index contributed by atoms with van der Waals surface area (Å²) in [5.41, 5.74) is 4.02. The van der Waals surface area contributed by atoms with Crippen molar-refractivity contribution in [3.05, 3.63) is 58.9 Å². The predicted octanol–water partition coefficient (Wildman–Crippen LogP) is 5.33. The first kappa shape index (κ1) is 20.0. The van der Waals surface area contributed by atoms with Crippen LogP contribution >= 0.6 is 0 Å². The van der Waals surface area contributed by atoms with E-state index in [0.717, 1.165) is 24.2 Å². The minimum atomic E-state index is -0.895. The lowest BCUT2D eigenvalue weighted by atomic mass is 9.87. The molecule has 1 aromatic carbocycles. The zero-order chi connectivity index (χ0) is 19.3. The Balaban J connectivity index is 2.44. The Morgan fingerprint density at radius 1 is 1.15 bits per heavy atom. The lowest BCUT2D eigenvalue weighted by molar-refractivity contribution is 0.0694. The number of aromatic carboxylic acids is 1. The molecule has 0 spiro atoms. The van der Waals surface area contributed by atoms with Gasteiger partial charge in [0.05, 0.1) is 17.1 Å². The van der Waals surface area contributed by atoms with E-state index in [1.165, 1.54) is 5.56 Å². The fourth-order valence-corrected chi connectivity index (χ4v) is 3.07. The summed E-state index contributed by atoms with van der Waals surface area (Å²) < 4.78 is 1.80. The highest BCUT2D eigenvalue weighted by molar-refractivity contribution is 5.90. The van der Waals surface area contributed by atoms with Crippen LogP contribution in [0.1, 0.15) is 74.8 Å². The Hall–Kier alpha value is -2.36. The zero-order valence-corrected chi connectivity index (χ0v) is 16.5. The van der Waals surface area contributed by atoms with Crippen LogP contribution in [0.4, 0.5) is 0 Å². The van der Waals surface area contributed by atoms with Crippen molar-refractivity contribution in [1.29, 1.82) is 0 Å². The van der Waals surface area contributed by atoms with Gasteiger partial charge in [0, 0.05) is 0 Å². The van der Waals surface area contributed by atoms with E-state index in [1.807, 2.05) is 19.1 Å². The first-order valence-corrected chi connectivity index (χ1v) is 9.39. The second kappa shape index (κ2) is 8.35. The van der Waals surface area contributed by atoms with E-state index >= 15 is 0 Å². The van der Waals surface area contributed by atoms with Gasteiger partial charge in [0.2, 0.25) is 0 Å². The van der Waals surface area contributed by atoms with Gasteiger partial charge in [-0.2, -0.15) is 5.10 Å². The fraction of sp³-hybridized carbons (Fsp3) is 0.455. The van der Waals surface area contributed by atoms with Gasteiger partial charge in [0.25, 0.3) is 0 Å². The van der Waals surface area contributed by atoms with Crippen molar-refractivity contribution < 1.29 is 9.90 Å². The molecule has 0 aliphatic rings. The monoisotopic (exact) mass is 354 g/mol. The van der Waals surface area contributed by atoms with Crippen LogP contribution in [0.2, 0.25) is 0 Å². The van der Waals surface area contributed by atoms with Gasteiger partial charge in [0.1, 0.15) is 5.56 Å². The van der Waals surface area contributed by atoms with E-state index in [9.17, 15) is 9.90 Å². The summed E-state index contributed by atoms with van der Waals surface area (Å²) >= 11 is 0. The van der Waals surface area contributed by atoms with Crippen molar-refractivity contribution in [2.75, 3.05) is 0 Å². The first-order valence-electron chi connectivity index (χ1n) is 9.39. The molecule has 26 heavy (non-hydrogen) atoms. The number of hydrogen-bond donors (Lipinski definition) is 1. The first-order chi connectivity index (χ1) is 12.3. The molecular weight excluding hydrogens is 324 g/mol. The average Bonchev–Trinajstić information content (AvgIpc) is 2.97. The minimum absolute atomic E-state index is 0.0826. The number of carboxylic acid groups (broad SMARTS) is 1. The van der Waals surface area contributed by atoms with Gasteiger partial charge >= 0.3 is 5.97 Å². The van der Waals surface area contributed by atoms with Crippen molar-refractivity contribution >= 4 is 5.97 Å². The molecule has 0 amide bonds. The Labute approximate surface area is 156 Å². The molecule has 0 aliphatic heterocycles. The number of nitrogens with zero attached hydrogens (tertiary/aromatic N) is 2. The molecule has 1 heterocycles. The van der Waals surface area contributed by atoms with E-state index in [-0.39, 0.29) is 5.41 Å². The topological polar surface area (TPSA) is 55.1 Å². The van der Waals surface area contributed by atoms with Gasteiger partial charge < -0.3 is 5.11 Å². The molecule has 0 unspecified atom stereocenters. The van der Waals surface area contributed by atoms with Crippen LogP contribution < -0.4 is 0 Å². The smallest absolute Gasteiger partial charge is 0.339 e. The third-order valence-corrected chi connectivity index (χ3v) is 4.53. The van der Waals surface area contributed by atoms with Gasteiger partial charge in [-0.25, -0.2) is 9.48 Å². The number of aromatic nitrogens is 2. The summed E-state index contributed by atoms with van der Waals surface area (Å²) in [7, 11) is 0. The quantitative estimate of drug-likeness (QED) is 0.684. The molecule has 0 bridgehead atoms. The third-order valence-electron chi connectivity index (χ3n) is 4.53. The molecule has 4 nitrogen and oxygen atoms in total. The molecule has 4 heteroatoms. The molecule has 140 valence electrons. The molecule has 0 atom stereocenters. The number of allylic oxidation sites excluding steroid dienone is 2. The van der Waals surface area contributed by atoms with Crippen molar-refractivity contribution in [3.63, 3.8) is 0 Å². The largest absolute Gasteiger partial charge is 0.478 e. The van der Waals surface area contributed by atoms with Crippen LogP contribution in [0, 0.1) is 0 Å². The van der Waals surface area contributed by atoms with E-state index in [1.54, 1.807) is 4.68 Å². The number of rotatable bonds is 7. The maximum atomic E-state index is 11.8. The number of aryl methyl sites for hydroxylation is 1. The van der Waals surface area contributed by atoms with Crippen LogP contribution in [-0.4, -0.2) is 20.9 Å². The molecule has 0 aliphatic carbocycles. The highest BCUT2D eigenvalue weighted by Crippen LogP contribution is 2.25. The predicted molar refractivity (Wildman–Crippen MR) is 106 cm³/mol. The number of benzene rings is 1. The maximum Gasteiger partial charge on any atom is 0.339 e. The number of carbonyl (C=O) groups is 1. The summed E-state index contributed by atoms with van der Waals surface area (Å²) in [6, 6.07) is 8.25. The van der Waals surface area contributed by atoms with Crippen LogP contribution in [0.3, 0.4) is 0 Å². The molecule has 0 fully saturated rings. The fourth-order valence-electron chi connectivity index (χ4n) is 3.07. The normalized spacial score (nSPS) is 12.0. The average molecular weight is 354 g/mol. The molecule has 2 aromatic rings. The van der Waals surface area contributed by atoms with Gasteiger partial charge in [0.15, 0.2) is 0 Å². The van der Waals surface area contributed by atoms with Gasteiger partial charge in [-0.1, -0.05) is 58.9 Å². The van der Waals surface area contributed by atoms with Crippen LogP contribution in [-0.2, 0) is 18.3 Å². The third kappa shape index (κ3) is 4.43. The van der Waals surface area contributed by atoms with Crippen LogP contribution in [0.5, 0.6) is 0 Å². The van der Waals surface area contributed by atoms with Crippen LogP contribution in [0.25, 0.3) is 5.69 Å². The molecule has 0 radical (unpaired) electrons. The maximum absolute atomic E-state index is 11.8. The number of hydrogen-bond acceptors (Lipinski definition) is 2. The Bertz CT molecular complexity index is 778. The second-order valence-electron chi connectivity index (χ2n) is 7.55. The zero-order valence-electron chi connectivity index (χ0n) is 16.5. The van der Waals surface area contributed by atoms with Gasteiger partial charge in [-0.05, 0) is 48.8 Å². The van der Waals surface area contributed by atoms with E-state index in [2.05, 4.69) is 57.1 Å². The van der Waals surface area contributed by atoms with Crippen molar-refractivity contribution in [1.82, 2.24) is 9.78 Å². The molecule has 0 saturated heterocycles. The molecule has 0 saturated carbocycles. The summed E-state index contributed by atoms with van der Waals surface area (Å²) in [4.78, 5) is 11.8. The summed E-state index contributed by atoms with van der Waals surface area (Å²) in [5.74, 6) is -0.895. The molecule has 2 rings (SSSR count). The Kier molecular flexibility index (Phi) is 6.41. The summed E-state index contributed by atoms with van der Waals surface area (Å²) in [6.07, 6.45) is 7.24. The lowest BCUT2D eigenvalue weighted by Crippen LogP contribution is -2.11. The van der Waals surface area contributed by atoms with Crippen molar-refractivity contribution in [2.24, 2.45) is 0 Å². The van der Waals surface area contributed by atoms with Crippen LogP contribution in [0.15, 0.2) is 36.4 Å². The van der Waals surface area contributed by atoms with E-state index < -0.39 is 5.97 Å². The van der Waals surface area contributed by atoms with Gasteiger partial charge in [-0.15, -0.1) is 0 Å². The molecule has 1 N–H and O–H groups in total. The van der Waals surface area contributed by atoms with Crippen molar-refractivity contribution in [3.8, 4) is 5.69 Å². The van der Waals surface area contributed by atoms with Crippen molar-refractivity contribution in [2.45, 2.75) is 65.7 Å². The molecular formula is C22H30N2O2.